The molecule has 1 aliphatic heterocycles. The minimum Gasteiger partial charge on any atom is -0.366 e. The average Bonchev–Trinajstić information content (AvgIpc) is 2.97. The van der Waals surface area contributed by atoms with Crippen molar-refractivity contribution in [1.82, 2.24) is 20.5 Å². The van der Waals surface area contributed by atoms with Gasteiger partial charge >= 0.3 is 0 Å². The molecule has 1 saturated heterocycles. The van der Waals surface area contributed by atoms with Crippen molar-refractivity contribution in [2.24, 2.45) is 0 Å². The molecule has 5 nitrogen and oxygen atoms in total. The third-order valence-electron chi connectivity index (χ3n) is 3.29. The second kappa shape index (κ2) is 4.57. The lowest BCUT2D eigenvalue weighted by molar-refractivity contribution is 0.630. The molecule has 1 fully saturated rings. The van der Waals surface area contributed by atoms with Gasteiger partial charge in [-0.05, 0) is 45.4 Å². The Morgan fingerprint density at radius 3 is 3.00 bits per heavy atom. The van der Waals surface area contributed by atoms with Gasteiger partial charge in [-0.25, -0.2) is 4.98 Å². The van der Waals surface area contributed by atoms with Crippen LogP contribution < -0.4 is 10.6 Å². The van der Waals surface area contributed by atoms with E-state index in [-0.39, 0.29) is 0 Å². The zero-order valence-electron chi connectivity index (χ0n) is 10.8. The minimum absolute atomic E-state index is 0.368. The van der Waals surface area contributed by atoms with Crippen LogP contribution in [0.4, 0.5) is 5.82 Å². The van der Waals surface area contributed by atoms with Gasteiger partial charge in [0.15, 0.2) is 11.5 Å². The van der Waals surface area contributed by atoms with Crippen LogP contribution in [0, 0.1) is 0 Å². The number of rotatable bonds is 3. The first-order valence-electron chi connectivity index (χ1n) is 6.59. The Morgan fingerprint density at radius 2 is 2.28 bits per heavy atom. The van der Waals surface area contributed by atoms with Crippen LogP contribution in [0.5, 0.6) is 0 Å². The molecular weight excluding hydrogens is 226 g/mol. The van der Waals surface area contributed by atoms with E-state index in [2.05, 4.69) is 51.8 Å². The summed E-state index contributed by atoms with van der Waals surface area (Å²) in [5, 5.41) is 15.1. The van der Waals surface area contributed by atoms with E-state index in [4.69, 9.17) is 0 Å². The van der Waals surface area contributed by atoms with Gasteiger partial charge < -0.3 is 10.6 Å². The van der Waals surface area contributed by atoms with Crippen LogP contribution in [0.3, 0.4) is 0 Å². The molecule has 2 aromatic rings. The molecule has 3 heterocycles. The Morgan fingerprint density at radius 1 is 1.39 bits per heavy atom. The largest absolute Gasteiger partial charge is 0.366 e. The number of anilines is 1. The number of nitrogens with zero attached hydrogens (tertiary/aromatic N) is 2. The normalized spacial score (nSPS) is 19.8. The second-order valence-electron chi connectivity index (χ2n) is 5.15. The Labute approximate surface area is 106 Å². The molecule has 96 valence electrons. The van der Waals surface area contributed by atoms with Crippen molar-refractivity contribution in [3.05, 3.63) is 17.8 Å². The van der Waals surface area contributed by atoms with E-state index in [1.807, 2.05) is 0 Å². The van der Waals surface area contributed by atoms with E-state index in [1.54, 1.807) is 0 Å². The number of fused-ring (bicyclic) bond motifs is 1. The Hall–Kier alpha value is -1.62. The predicted molar refractivity (Wildman–Crippen MR) is 72.6 cm³/mol. The topological polar surface area (TPSA) is 65.6 Å². The predicted octanol–water partition coefficient (Wildman–Crippen LogP) is 2.20. The highest BCUT2D eigenvalue weighted by atomic mass is 15.2. The number of pyridine rings is 1. The van der Waals surface area contributed by atoms with E-state index in [0.717, 1.165) is 29.1 Å². The van der Waals surface area contributed by atoms with Gasteiger partial charge in [-0.3, -0.25) is 5.10 Å². The fourth-order valence-corrected chi connectivity index (χ4v) is 2.43. The number of aromatic nitrogens is 3. The zero-order valence-corrected chi connectivity index (χ0v) is 10.8. The molecule has 0 spiro atoms. The molecule has 5 heteroatoms. The molecule has 18 heavy (non-hydrogen) atoms. The highest BCUT2D eigenvalue weighted by Gasteiger charge is 2.18. The molecule has 0 radical (unpaired) electrons. The maximum absolute atomic E-state index is 4.66. The molecule has 0 aromatic carbocycles. The van der Waals surface area contributed by atoms with Crippen LogP contribution in [0.25, 0.3) is 11.0 Å². The van der Waals surface area contributed by atoms with E-state index in [1.165, 1.54) is 12.8 Å². The summed E-state index contributed by atoms with van der Waals surface area (Å²) in [5.74, 6) is 0.887. The monoisotopic (exact) mass is 245 g/mol. The van der Waals surface area contributed by atoms with Crippen LogP contribution in [0.2, 0.25) is 0 Å². The molecule has 1 aliphatic rings. The van der Waals surface area contributed by atoms with Crippen molar-refractivity contribution in [3.8, 4) is 0 Å². The molecule has 0 bridgehead atoms. The van der Waals surface area contributed by atoms with Crippen LogP contribution >= 0.6 is 0 Å². The number of hydrogen-bond acceptors (Lipinski definition) is 4. The van der Waals surface area contributed by atoms with Gasteiger partial charge in [-0.2, -0.15) is 5.10 Å². The summed E-state index contributed by atoms with van der Waals surface area (Å²) in [6.45, 7) is 5.29. The van der Waals surface area contributed by atoms with Crippen molar-refractivity contribution >= 4 is 16.9 Å². The van der Waals surface area contributed by atoms with Crippen molar-refractivity contribution in [3.63, 3.8) is 0 Å². The van der Waals surface area contributed by atoms with E-state index < -0.39 is 0 Å². The molecule has 0 saturated carbocycles. The molecule has 1 unspecified atom stereocenters. The van der Waals surface area contributed by atoms with Crippen molar-refractivity contribution in [2.45, 2.75) is 38.8 Å². The molecule has 2 aromatic heterocycles. The second-order valence-corrected chi connectivity index (χ2v) is 5.15. The van der Waals surface area contributed by atoms with Crippen molar-refractivity contribution in [1.29, 1.82) is 0 Å². The number of nitrogens with one attached hydrogen (secondary N) is 3. The van der Waals surface area contributed by atoms with Gasteiger partial charge in [0.25, 0.3) is 0 Å². The third kappa shape index (κ3) is 2.06. The van der Waals surface area contributed by atoms with Crippen molar-refractivity contribution in [2.75, 3.05) is 11.9 Å². The SMILES string of the molecule is CC(C)Nc1n[nH]c2nc(C3CCCN3)ccc12. The lowest BCUT2D eigenvalue weighted by atomic mass is 10.1. The van der Waals surface area contributed by atoms with Crippen LogP contribution in [-0.2, 0) is 0 Å². The average molecular weight is 245 g/mol. The first kappa shape index (κ1) is 11.5. The maximum atomic E-state index is 4.66. The van der Waals surface area contributed by atoms with E-state index in [9.17, 15) is 0 Å². The quantitative estimate of drug-likeness (QED) is 0.775. The number of H-pyrrole nitrogens is 1. The first-order valence-corrected chi connectivity index (χ1v) is 6.59. The summed E-state index contributed by atoms with van der Waals surface area (Å²) in [6.07, 6.45) is 2.40. The summed E-state index contributed by atoms with van der Waals surface area (Å²) in [4.78, 5) is 4.66. The van der Waals surface area contributed by atoms with Crippen molar-refractivity contribution < 1.29 is 0 Å². The first-order chi connectivity index (χ1) is 8.74. The lowest BCUT2D eigenvalue weighted by Gasteiger charge is -2.09. The van der Waals surface area contributed by atoms with Gasteiger partial charge in [-0.1, -0.05) is 0 Å². The zero-order chi connectivity index (χ0) is 12.5. The summed E-state index contributed by atoms with van der Waals surface area (Å²) < 4.78 is 0. The van der Waals surface area contributed by atoms with Gasteiger partial charge in [-0.15, -0.1) is 0 Å². The van der Waals surface area contributed by atoms with E-state index in [0.29, 0.717) is 12.1 Å². The fraction of sp³-hybridized carbons (Fsp3) is 0.538. The molecule has 0 amide bonds. The summed E-state index contributed by atoms with van der Waals surface area (Å²) >= 11 is 0. The summed E-state index contributed by atoms with van der Waals surface area (Å²) in [5.41, 5.74) is 1.98. The Balaban J connectivity index is 1.93. The molecule has 3 rings (SSSR count). The standard InChI is InChI=1S/C13H19N5/c1-8(2)15-12-9-5-6-11(10-4-3-7-14-10)16-13(9)18-17-12/h5-6,8,10,14H,3-4,7H2,1-2H3,(H2,15,16,17,18). The van der Waals surface area contributed by atoms with Gasteiger partial charge in [0.1, 0.15) is 0 Å². The molecule has 3 N–H and O–H groups in total. The Kier molecular flexibility index (Phi) is 2.91. The highest BCUT2D eigenvalue weighted by Crippen LogP contribution is 2.25. The van der Waals surface area contributed by atoms with Gasteiger partial charge in [0.05, 0.1) is 11.1 Å². The fourth-order valence-electron chi connectivity index (χ4n) is 2.43. The summed E-state index contributed by atoms with van der Waals surface area (Å²) in [7, 11) is 0. The van der Waals surface area contributed by atoms with Gasteiger partial charge in [0.2, 0.25) is 0 Å². The van der Waals surface area contributed by atoms with E-state index >= 15 is 0 Å². The number of hydrogen-bond donors (Lipinski definition) is 3. The van der Waals surface area contributed by atoms with Crippen LogP contribution in [-0.4, -0.2) is 27.8 Å². The smallest absolute Gasteiger partial charge is 0.157 e. The lowest BCUT2D eigenvalue weighted by Crippen LogP contribution is -2.14. The molecular formula is C13H19N5. The maximum Gasteiger partial charge on any atom is 0.157 e. The third-order valence-corrected chi connectivity index (χ3v) is 3.29. The molecule has 0 aliphatic carbocycles. The number of aromatic amines is 1. The van der Waals surface area contributed by atoms with Crippen LogP contribution in [0.1, 0.15) is 38.4 Å². The van der Waals surface area contributed by atoms with Crippen LogP contribution in [0.15, 0.2) is 12.1 Å². The summed E-state index contributed by atoms with van der Waals surface area (Å²) in [6, 6.07) is 4.98. The minimum atomic E-state index is 0.368. The highest BCUT2D eigenvalue weighted by molar-refractivity contribution is 5.87. The Bertz CT molecular complexity index is 539. The van der Waals surface area contributed by atoms with Gasteiger partial charge in [0, 0.05) is 12.1 Å². The molecule has 1 atom stereocenters.